The Morgan fingerprint density at radius 3 is 2.58 bits per heavy atom. The second-order valence-electron chi connectivity index (χ2n) is 9.79. The number of halogens is 3. The van der Waals surface area contributed by atoms with Crippen molar-refractivity contribution in [2.45, 2.75) is 64.0 Å². The van der Waals surface area contributed by atoms with Crippen LogP contribution in [0.5, 0.6) is 5.75 Å². The number of aromatic nitrogens is 3. The fourth-order valence-corrected chi connectivity index (χ4v) is 5.82. The molecule has 2 aromatic heterocycles. The van der Waals surface area contributed by atoms with Crippen LogP contribution in [0.25, 0.3) is 11.3 Å². The number of nitrogen functional groups attached to an aromatic ring is 1. The van der Waals surface area contributed by atoms with Gasteiger partial charge in [0, 0.05) is 48.0 Å². The number of hydrogen-bond acceptors (Lipinski definition) is 6. The number of fused-ring (bicyclic) bond motifs is 1. The molecule has 0 aromatic carbocycles. The van der Waals surface area contributed by atoms with Gasteiger partial charge in [-0.15, -0.1) is 13.2 Å². The maximum Gasteiger partial charge on any atom is 0.573 e. The van der Waals surface area contributed by atoms with Crippen molar-refractivity contribution in [3.05, 3.63) is 24.0 Å². The van der Waals surface area contributed by atoms with Gasteiger partial charge in [0.25, 0.3) is 0 Å². The van der Waals surface area contributed by atoms with Crippen LogP contribution in [0.2, 0.25) is 0 Å². The lowest BCUT2D eigenvalue weighted by atomic mass is 10.0. The monoisotopic (exact) mass is 465 g/mol. The van der Waals surface area contributed by atoms with Crippen LogP contribution < -0.4 is 10.5 Å². The van der Waals surface area contributed by atoms with Crippen LogP contribution in [0.15, 0.2) is 18.3 Å². The van der Waals surface area contributed by atoms with Crippen molar-refractivity contribution in [3.63, 3.8) is 0 Å². The highest BCUT2D eigenvalue weighted by molar-refractivity contribution is 5.64. The third kappa shape index (κ3) is 4.30. The molecule has 2 N–H and O–H groups in total. The zero-order valence-corrected chi connectivity index (χ0v) is 19.0. The van der Waals surface area contributed by atoms with Crippen molar-refractivity contribution in [1.82, 2.24) is 19.7 Å². The first-order valence-corrected chi connectivity index (χ1v) is 11.6. The van der Waals surface area contributed by atoms with Crippen LogP contribution in [0.3, 0.4) is 0 Å². The standard InChI is InChI=1S/C23H30F3N5O2/c1-12(2)31-19(21-16-7-15(8-17(16)21)30-4-5-32-11-13(30)3)9-18(29-31)14-6-20(22(27)28-10-14)33-23(24,25)26/h6,9-10,12-13,15-17,21H,4-5,7-8,11H2,1-3H3,(H2,27,28)/t13?,15?,16-,17+,21?. The predicted molar refractivity (Wildman–Crippen MR) is 117 cm³/mol. The van der Waals surface area contributed by atoms with Crippen LogP contribution in [0.4, 0.5) is 19.0 Å². The number of nitrogens with two attached hydrogens (primary N) is 1. The molecular formula is C23H30F3N5O2. The molecule has 3 heterocycles. The van der Waals surface area contributed by atoms with Crippen molar-refractivity contribution < 1.29 is 22.6 Å². The van der Waals surface area contributed by atoms with Gasteiger partial charge in [0.05, 0.1) is 18.9 Å². The predicted octanol–water partition coefficient (Wildman–Crippen LogP) is 4.22. The van der Waals surface area contributed by atoms with E-state index in [0.717, 1.165) is 25.5 Å². The van der Waals surface area contributed by atoms with E-state index in [1.165, 1.54) is 25.1 Å². The molecule has 3 unspecified atom stereocenters. The van der Waals surface area contributed by atoms with Crippen molar-refractivity contribution in [3.8, 4) is 17.0 Å². The lowest BCUT2D eigenvalue weighted by molar-refractivity contribution is -0.274. The fourth-order valence-electron chi connectivity index (χ4n) is 5.82. The molecule has 0 bridgehead atoms. The SMILES string of the molecule is CC1COCCN1C1C[C@@H]2C(c3cc(-c4cnc(N)c(OC(F)(F)F)c4)nn3C(C)C)[C@@H]2C1. The Hall–Kier alpha value is -2.33. The van der Waals surface area contributed by atoms with Crippen LogP contribution in [-0.4, -0.2) is 57.9 Å². The Morgan fingerprint density at radius 1 is 1.21 bits per heavy atom. The van der Waals surface area contributed by atoms with Crippen molar-refractivity contribution in [2.24, 2.45) is 11.8 Å². The summed E-state index contributed by atoms with van der Waals surface area (Å²) in [6.07, 6.45) is -1.05. The molecule has 180 valence electrons. The molecule has 1 saturated heterocycles. The first-order chi connectivity index (χ1) is 15.6. The molecule has 2 saturated carbocycles. The topological polar surface area (TPSA) is 78.4 Å². The Balaban J connectivity index is 1.36. The Bertz CT molecular complexity index is 1010. The molecule has 1 aliphatic heterocycles. The van der Waals surface area contributed by atoms with Crippen LogP contribution in [-0.2, 0) is 4.74 Å². The Morgan fingerprint density at radius 2 is 1.94 bits per heavy atom. The summed E-state index contributed by atoms with van der Waals surface area (Å²) in [7, 11) is 0. The van der Waals surface area contributed by atoms with Gasteiger partial charge in [0.2, 0.25) is 0 Å². The van der Waals surface area contributed by atoms with Gasteiger partial charge in [0.15, 0.2) is 11.6 Å². The van der Waals surface area contributed by atoms with E-state index < -0.39 is 12.1 Å². The highest BCUT2D eigenvalue weighted by atomic mass is 19.4. The quantitative estimate of drug-likeness (QED) is 0.713. The van der Waals surface area contributed by atoms with Gasteiger partial charge in [-0.3, -0.25) is 9.58 Å². The second kappa shape index (κ2) is 8.16. The van der Waals surface area contributed by atoms with E-state index in [2.05, 4.69) is 35.4 Å². The van der Waals surface area contributed by atoms with E-state index in [-0.39, 0.29) is 11.9 Å². The highest BCUT2D eigenvalue weighted by Gasteiger charge is 2.59. The molecule has 7 nitrogen and oxygen atoms in total. The van der Waals surface area contributed by atoms with Gasteiger partial charge in [-0.2, -0.15) is 5.10 Å². The van der Waals surface area contributed by atoms with E-state index in [1.807, 2.05) is 10.7 Å². The van der Waals surface area contributed by atoms with E-state index in [9.17, 15) is 13.2 Å². The van der Waals surface area contributed by atoms with Gasteiger partial charge in [-0.05, 0) is 57.6 Å². The molecular weight excluding hydrogens is 435 g/mol. The molecule has 2 aliphatic carbocycles. The lowest BCUT2D eigenvalue weighted by Gasteiger charge is -2.38. The number of nitrogens with zero attached hydrogens (tertiary/aromatic N) is 4. The highest BCUT2D eigenvalue weighted by Crippen LogP contribution is 2.64. The molecule has 5 rings (SSSR count). The zero-order valence-electron chi connectivity index (χ0n) is 19.0. The van der Waals surface area contributed by atoms with Gasteiger partial charge < -0.3 is 15.2 Å². The van der Waals surface area contributed by atoms with Crippen molar-refractivity contribution in [2.75, 3.05) is 25.5 Å². The largest absolute Gasteiger partial charge is 0.573 e. The van der Waals surface area contributed by atoms with Gasteiger partial charge in [-0.1, -0.05) is 0 Å². The van der Waals surface area contributed by atoms with Crippen molar-refractivity contribution in [1.29, 1.82) is 0 Å². The molecule has 33 heavy (non-hydrogen) atoms. The summed E-state index contributed by atoms with van der Waals surface area (Å²) in [4.78, 5) is 6.50. The number of rotatable bonds is 5. The van der Waals surface area contributed by atoms with Gasteiger partial charge >= 0.3 is 6.36 Å². The number of alkyl halides is 3. The van der Waals surface area contributed by atoms with Gasteiger partial charge in [0.1, 0.15) is 0 Å². The minimum Gasteiger partial charge on any atom is -0.402 e. The summed E-state index contributed by atoms with van der Waals surface area (Å²) < 4.78 is 49.8. The third-order valence-corrected chi connectivity index (χ3v) is 7.31. The number of anilines is 1. The average Bonchev–Trinajstić information content (AvgIpc) is 3.09. The summed E-state index contributed by atoms with van der Waals surface area (Å²) in [6.45, 7) is 8.97. The first kappa shape index (κ1) is 22.5. The Labute approximate surface area is 191 Å². The smallest absolute Gasteiger partial charge is 0.402 e. The van der Waals surface area contributed by atoms with Crippen LogP contribution >= 0.6 is 0 Å². The zero-order chi connectivity index (χ0) is 23.5. The number of hydrogen-bond donors (Lipinski definition) is 1. The summed E-state index contributed by atoms with van der Waals surface area (Å²) in [5, 5.41) is 4.73. The molecule has 0 spiro atoms. The minimum absolute atomic E-state index is 0.137. The molecule has 3 fully saturated rings. The molecule has 3 aliphatic rings. The van der Waals surface area contributed by atoms with Crippen LogP contribution in [0.1, 0.15) is 51.3 Å². The normalized spacial score (nSPS) is 30.0. The number of morpholine rings is 1. The summed E-state index contributed by atoms with van der Waals surface area (Å²) in [5.74, 6) is 0.876. The maximum atomic E-state index is 12.7. The lowest BCUT2D eigenvalue weighted by Crippen LogP contribution is -2.49. The number of pyridine rings is 1. The fraction of sp³-hybridized carbons (Fsp3) is 0.652. The number of ether oxygens (including phenoxy) is 2. The molecule has 10 heteroatoms. The van der Waals surface area contributed by atoms with E-state index in [4.69, 9.17) is 15.6 Å². The van der Waals surface area contributed by atoms with Gasteiger partial charge in [-0.25, -0.2) is 4.98 Å². The minimum atomic E-state index is -4.84. The molecule has 2 aromatic rings. The van der Waals surface area contributed by atoms with E-state index in [0.29, 0.717) is 41.1 Å². The summed E-state index contributed by atoms with van der Waals surface area (Å²) >= 11 is 0. The second-order valence-corrected chi connectivity index (χ2v) is 9.79. The molecule has 5 atom stereocenters. The van der Waals surface area contributed by atoms with Crippen LogP contribution in [0, 0.1) is 11.8 Å². The van der Waals surface area contributed by atoms with Crippen molar-refractivity contribution >= 4 is 5.82 Å². The summed E-state index contributed by atoms with van der Waals surface area (Å²) in [5.41, 5.74) is 7.78. The molecule has 0 amide bonds. The van der Waals surface area contributed by atoms with E-state index in [1.54, 1.807) is 0 Å². The molecule has 0 radical (unpaired) electrons. The average molecular weight is 466 g/mol. The summed E-state index contributed by atoms with van der Waals surface area (Å²) in [6, 6.07) is 4.46. The maximum absolute atomic E-state index is 12.7. The van der Waals surface area contributed by atoms with E-state index >= 15 is 0 Å². The first-order valence-electron chi connectivity index (χ1n) is 11.6. The third-order valence-electron chi connectivity index (χ3n) is 7.31. The Kier molecular flexibility index (Phi) is 5.55.